The van der Waals surface area contributed by atoms with Crippen molar-refractivity contribution in [3.8, 4) is 0 Å². The fourth-order valence-electron chi connectivity index (χ4n) is 1.21. The van der Waals surface area contributed by atoms with Gasteiger partial charge in [-0.25, -0.2) is 8.42 Å². The van der Waals surface area contributed by atoms with Crippen molar-refractivity contribution in [2.24, 2.45) is 4.99 Å². The minimum Gasteiger partial charge on any atom is -0.496 e. The molecule has 0 amide bonds. The van der Waals surface area contributed by atoms with Gasteiger partial charge in [0.25, 0.3) is 10.0 Å². The maximum Gasteiger partial charge on any atom is 0.256 e. The fourth-order valence-corrected chi connectivity index (χ4v) is 2.01. The van der Waals surface area contributed by atoms with E-state index in [1.54, 1.807) is 6.08 Å². The summed E-state index contributed by atoms with van der Waals surface area (Å²) in [5.74, 6) is 0.976. The van der Waals surface area contributed by atoms with Crippen LogP contribution in [-0.4, -0.2) is 27.4 Å². The minimum absolute atomic E-state index is 0.281. The van der Waals surface area contributed by atoms with Crippen molar-refractivity contribution in [3.63, 3.8) is 0 Å². The van der Waals surface area contributed by atoms with Gasteiger partial charge in [-0.15, -0.1) is 0 Å². The molecule has 0 aromatic rings. The standard InChI is InChI=1S/C11H16N2O3S/c1-4-16-10(7-9(2)3)8-12-11-5-6-17(14,15)13-11/h5-7H,2,4,8H2,1,3H3,(H,12,13)/b10-7-. The first-order valence-electron chi connectivity index (χ1n) is 5.17. The second-order valence-corrected chi connectivity index (χ2v) is 5.11. The van der Waals surface area contributed by atoms with Gasteiger partial charge < -0.3 is 4.74 Å². The molecule has 5 nitrogen and oxygen atoms in total. The van der Waals surface area contributed by atoms with Crippen molar-refractivity contribution in [1.82, 2.24) is 4.72 Å². The molecule has 1 heterocycles. The van der Waals surface area contributed by atoms with Crippen LogP contribution in [0.5, 0.6) is 0 Å². The van der Waals surface area contributed by atoms with Gasteiger partial charge in [-0.3, -0.25) is 9.71 Å². The normalized spacial score (nSPS) is 20.4. The molecule has 0 unspecified atom stereocenters. The Hall–Kier alpha value is -1.56. The van der Waals surface area contributed by atoms with E-state index in [0.717, 1.165) is 11.0 Å². The van der Waals surface area contributed by atoms with E-state index in [-0.39, 0.29) is 6.54 Å². The van der Waals surface area contributed by atoms with Crippen LogP contribution in [0.25, 0.3) is 0 Å². The van der Waals surface area contributed by atoms with Crippen LogP contribution in [-0.2, 0) is 14.8 Å². The van der Waals surface area contributed by atoms with E-state index in [1.807, 2.05) is 13.8 Å². The van der Waals surface area contributed by atoms with Crippen LogP contribution in [0.4, 0.5) is 0 Å². The third-order valence-corrected chi connectivity index (χ3v) is 2.78. The van der Waals surface area contributed by atoms with E-state index in [9.17, 15) is 8.42 Å². The molecule has 0 bridgehead atoms. The second kappa shape index (κ2) is 5.67. The molecular weight excluding hydrogens is 240 g/mol. The molecule has 0 radical (unpaired) electrons. The number of amidine groups is 1. The molecule has 1 aliphatic rings. The summed E-state index contributed by atoms with van der Waals surface area (Å²) in [4.78, 5) is 4.10. The number of aliphatic imine (C=N–C) groups is 1. The molecule has 0 saturated carbocycles. The number of nitrogens with one attached hydrogen (secondary N) is 1. The first kappa shape index (κ1) is 13.5. The van der Waals surface area contributed by atoms with E-state index < -0.39 is 10.0 Å². The van der Waals surface area contributed by atoms with Gasteiger partial charge in [-0.2, -0.15) is 0 Å². The smallest absolute Gasteiger partial charge is 0.256 e. The molecule has 0 aromatic heterocycles. The average Bonchev–Trinajstić information content (AvgIpc) is 2.54. The number of rotatable bonds is 5. The largest absolute Gasteiger partial charge is 0.496 e. The Labute approximate surface area is 102 Å². The number of hydrogen-bond donors (Lipinski definition) is 1. The Balaban J connectivity index is 2.68. The van der Waals surface area contributed by atoms with Crippen molar-refractivity contribution < 1.29 is 13.2 Å². The highest BCUT2D eigenvalue weighted by Crippen LogP contribution is 2.05. The molecule has 0 saturated heterocycles. The number of allylic oxidation sites excluding steroid dienone is 2. The summed E-state index contributed by atoms with van der Waals surface area (Å²) in [6.45, 7) is 8.29. The van der Waals surface area contributed by atoms with Crippen molar-refractivity contribution in [2.75, 3.05) is 13.2 Å². The van der Waals surface area contributed by atoms with Crippen molar-refractivity contribution in [2.45, 2.75) is 13.8 Å². The highest BCUT2D eigenvalue weighted by atomic mass is 32.2. The van der Waals surface area contributed by atoms with Crippen LogP contribution in [0.2, 0.25) is 0 Å². The Bertz CT molecular complexity index is 487. The first-order chi connectivity index (χ1) is 7.93. The second-order valence-electron chi connectivity index (χ2n) is 3.54. The Morgan fingerprint density at radius 2 is 2.35 bits per heavy atom. The van der Waals surface area contributed by atoms with Crippen molar-refractivity contribution in [3.05, 3.63) is 35.5 Å². The summed E-state index contributed by atoms with van der Waals surface area (Å²) in [7, 11) is -3.32. The van der Waals surface area contributed by atoms with Crippen LogP contribution >= 0.6 is 0 Å². The number of nitrogens with zero attached hydrogens (tertiary/aromatic N) is 1. The SMILES string of the molecule is C=C(C)/C=C(/CN=C1C=CS(=O)(=O)N1)OCC. The van der Waals surface area contributed by atoms with Gasteiger partial charge in [0.2, 0.25) is 0 Å². The zero-order chi connectivity index (χ0) is 12.9. The van der Waals surface area contributed by atoms with Gasteiger partial charge in [-0.05, 0) is 26.0 Å². The third-order valence-electron chi connectivity index (χ3n) is 1.79. The zero-order valence-electron chi connectivity index (χ0n) is 9.93. The van der Waals surface area contributed by atoms with E-state index in [0.29, 0.717) is 18.2 Å². The van der Waals surface area contributed by atoms with E-state index in [1.165, 1.54) is 6.08 Å². The highest BCUT2D eigenvalue weighted by molar-refractivity contribution is 7.93. The highest BCUT2D eigenvalue weighted by Gasteiger charge is 2.14. The minimum atomic E-state index is -3.32. The molecule has 0 aromatic carbocycles. The van der Waals surface area contributed by atoms with Gasteiger partial charge in [0.1, 0.15) is 11.6 Å². The lowest BCUT2D eigenvalue weighted by molar-refractivity contribution is 0.226. The molecule has 6 heteroatoms. The Morgan fingerprint density at radius 3 is 2.82 bits per heavy atom. The molecule has 0 aliphatic carbocycles. The maximum absolute atomic E-state index is 11.1. The lowest BCUT2D eigenvalue weighted by atomic mass is 10.3. The zero-order valence-corrected chi connectivity index (χ0v) is 10.8. The number of hydrogen-bond acceptors (Lipinski definition) is 4. The van der Waals surface area contributed by atoms with E-state index in [4.69, 9.17) is 4.74 Å². The molecule has 1 aliphatic heterocycles. The fraction of sp³-hybridized carbons (Fsp3) is 0.364. The summed E-state index contributed by atoms with van der Waals surface area (Å²) in [5, 5.41) is 1.08. The molecular formula is C11H16N2O3S. The van der Waals surface area contributed by atoms with Crippen LogP contribution in [0, 0.1) is 0 Å². The lowest BCUT2D eigenvalue weighted by Gasteiger charge is -2.06. The average molecular weight is 256 g/mol. The predicted octanol–water partition coefficient (Wildman–Crippen LogP) is 1.33. The monoisotopic (exact) mass is 256 g/mol. The van der Waals surface area contributed by atoms with Gasteiger partial charge in [0, 0.05) is 0 Å². The van der Waals surface area contributed by atoms with E-state index >= 15 is 0 Å². The summed E-state index contributed by atoms with van der Waals surface area (Å²) >= 11 is 0. The summed E-state index contributed by atoms with van der Waals surface area (Å²) < 4.78 is 29.7. The van der Waals surface area contributed by atoms with E-state index in [2.05, 4.69) is 16.3 Å². The molecule has 0 atom stereocenters. The van der Waals surface area contributed by atoms with Crippen LogP contribution in [0.3, 0.4) is 0 Å². The molecule has 1 N–H and O–H groups in total. The van der Waals surface area contributed by atoms with Crippen molar-refractivity contribution in [1.29, 1.82) is 0 Å². The predicted molar refractivity (Wildman–Crippen MR) is 68.0 cm³/mol. The molecule has 1 rings (SSSR count). The summed E-state index contributed by atoms with van der Waals surface area (Å²) in [5.41, 5.74) is 0.858. The Kier molecular flexibility index (Phi) is 4.51. The Morgan fingerprint density at radius 1 is 1.65 bits per heavy atom. The molecule has 0 spiro atoms. The summed E-state index contributed by atoms with van der Waals surface area (Å²) in [6, 6.07) is 0. The van der Waals surface area contributed by atoms with Crippen LogP contribution < -0.4 is 4.72 Å². The lowest BCUT2D eigenvalue weighted by Crippen LogP contribution is -2.21. The molecule has 0 fully saturated rings. The van der Waals surface area contributed by atoms with Gasteiger partial charge in [0.05, 0.1) is 18.6 Å². The summed E-state index contributed by atoms with van der Waals surface area (Å²) in [6.07, 6.45) is 3.19. The maximum atomic E-state index is 11.1. The number of sulfonamides is 1. The van der Waals surface area contributed by atoms with Gasteiger partial charge in [-0.1, -0.05) is 12.2 Å². The third kappa shape index (κ3) is 4.86. The molecule has 17 heavy (non-hydrogen) atoms. The van der Waals surface area contributed by atoms with Gasteiger partial charge in [0.15, 0.2) is 0 Å². The first-order valence-corrected chi connectivity index (χ1v) is 6.72. The van der Waals surface area contributed by atoms with Crippen LogP contribution in [0.1, 0.15) is 13.8 Å². The topological polar surface area (TPSA) is 67.8 Å². The van der Waals surface area contributed by atoms with Crippen LogP contribution in [0.15, 0.2) is 40.5 Å². The van der Waals surface area contributed by atoms with Crippen molar-refractivity contribution >= 4 is 15.9 Å². The number of ether oxygens (including phenoxy) is 1. The molecule has 94 valence electrons. The quantitative estimate of drug-likeness (QED) is 0.596. The van der Waals surface area contributed by atoms with Gasteiger partial charge >= 0.3 is 0 Å².